The van der Waals surface area contributed by atoms with Gasteiger partial charge in [0.15, 0.2) is 0 Å². The Hall–Kier alpha value is -0.870. The number of rotatable bonds is 6. The van der Waals surface area contributed by atoms with E-state index >= 15 is 0 Å². The van der Waals surface area contributed by atoms with E-state index in [4.69, 9.17) is 0 Å². The molecule has 2 unspecified atom stereocenters. The maximum atomic E-state index is 9.78. The zero-order valence-corrected chi connectivity index (χ0v) is 12.2. The van der Waals surface area contributed by atoms with E-state index in [9.17, 15) is 5.11 Å². The minimum absolute atomic E-state index is 0.0843. The van der Waals surface area contributed by atoms with Crippen LogP contribution in [0.15, 0.2) is 12.5 Å². The lowest BCUT2D eigenvalue weighted by molar-refractivity contribution is 0.0976. The van der Waals surface area contributed by atoms with Crippen LogP contribution in [0, 0.1) is 5.92 Å². The SMILES string of the molecule is CCCn1cncc1CNC1(CO)CCCC(C)C1. The lowest BCUT2D eigenvalue weighted by Gasteiger charge is -2.39. The van der Waals surface area contributed by atoms with Crippen molar-refractivity contribution in [3.8, 4) is 0 Å². The van der Waals surface area contributed by atoms with Crippen molar-refractivity contribution in [3.05, 3.63) is 18.2 Å². The molecule has 1 aliphatic carbocycles. The second-order valence-electron chi connectivity index (χ2n) is 6.07. The third-order valence-corrected chi connectivity index (χ3v) is 4.30. The van der Waals surface area contributed by atoms with Crippen molar-refractivity contribution in [1.82, 2.24) is 14.9 Å². The Bertz CT molecular complexity index is 390. The summed E-state index contributed by atoms with van der Waals surface area (Å²) in [5.74, 6) is 0.703. The van der Waals surface area contributed by atoms with Crippen LogP contribution in [0.1, 0.15) is 51.6 Å². The van der Waals surface area contributed by atoms with Crippen molar-refractivity contribution < 1.29 is 5.11 Å². The smallest absolute Gasteiger partial charge is 0.0948 e. The highest BCUT2D eigenvalue weighted by atomic mass is 16.3. The molecule has 4 nitrogen and oxygen atoms in total. The molecule has 1 aliphatic rings. The molecule has 4 heteroatoms. The highest BCUT2D eigenvalue weighted by Crippen LogP contribution is 2.32. The van der Waals surface area contributed by atoms with Crippen molar-refractivity contribution in [3.63, 3.8) is 0 Å². The lowest BCUT2D eigenvalue weighted by Crippen LogP contribution is -2.51. The molecule has 2 rings (SSSR count). The topological polar surface area (TPSA) is 50.1 Å². The maximum absolute atomic E-state index is 9.78. The van der Waals surface area contributed by atoms with E-state index in [0.717, 1.165) is 32.4 Å². The number of nitrogens with zero attached hydrogens (tertiary/aromatic N) is 2. The van der Waals surface area contributed by atoms with E-state index in [2.05, 4.69) is 28.7 Å². The van der Waals surface area contributed by atoms with Gasteiger partial charge in [-0.15, -0.1) is 0 Å². The number of aliphatic hydroxyl groups excluding tert-OH is 1. The fraction of sp³-hybridized carbons (Fsp3) is 0.800. The molecule has 1 heterocycles. The van der Waals surface area contributed by atoms with E-state index in [0.29, 0.717) is 5.92 Å². The average Bonchev–Trinajstić information content (AvgIpc) is 2.84. The largest absolute Gasteiger partial charge is 0.394 e. The Kier molecular flexibility index (Phi) is 4.99. The summed E-state index contributed by atoms with van der Waals surface area (Å²) in [7, 11) is 0. The third kappa shape index (κ3) is 3.57. The first-order chi connectivity index (χ1) is 9.19. The first-order valence-electron chi connectivity index (χ1n) is 7.54. The molecular weight excluding hydrogens is 238 g/mol. The van der Waals surface area contributed by atoms with Crippen molar-refractivity contribution in [2.45, 2.75) is 64.6 Å². The van der Waals surface area contributed by atoms with Gasteiger partial charge >= 0.3 is 0 Å². The quantitative estimate of drug-likeness (QED) is 0.830. The number of imidazole rings is 1. The molecule has 0 radical (unpaired) electrons. The summed E-state index contributed by atoms with van der Waals surface area (Å²) in [5.41, 5.74) is 1.13. The summed E-state index contributed by atoms with van der Waals surface area (Å²) >= 11 is 0. The van der Waals surface area contributed by atoms with Gasteiger partial charge in [-0.1, -0.05) is 26.7 Å². The van der Waals surface area contributed by atoms with Gasteiger partial charge in [-0.3, -0.25) is 0 Å². The second-order valence-corrected chi connectivity index (χ2v) is 6.07. The van der Waals surface area contributed by atoms with Gasteiger partial charge in [0.1, 0.15) is 0 Å². The second kappa shape index (κ2) is 6.53. The van der Waals surface area contributed by atoms with Crippen molar-refractivity contribution in [1.29, 1.82) is 0 Å². The van der Waals surface area contributed by atoms with Crippen LogP contribution in [-0.2, 0) is 13.1 Å². The Balaban J connectivity index is 1.97. The zero-order valence-electron chi connectivity index (χ0n) is 12.2. The summed E-state index contributed by atoms with van der Waals surface area (Å²) < 4.78 is 2.20. The van der Waals surface area contributed by atoms with E-state index in [-0.39, 0.29) is 12.1 Å². The fourth-order valence-electron chi connectivity index (χ4n) is 3.24. The van der Waals surface area contributed by atoms with Crippen LogP contribution in [0.3, 0.4) is 0 Å². The Morgan fingerprint density at radius 2 is 2.42 bits per heavy atom. The first kappa shape index (κ1) is 14.5. The predicted octanol–water partition coefficient (Wildman–Crippen LogP) is 2.32. The van der Waals surface area contributed by atoms with E-state index < -0.39 is 0 Å². The van der Waals surface area contributed by atoms with Gasteiger partial charge in [0.2, 0.25) is 0 Å². The molecule has 0 saturated heterocycles. The fourth-order valence-corrected chi connectivity index (χ4v) is 3.24. The molecule has 0 aliphatic heterocycles. The summed E-state index contributed by atoms with van der Waals surface area (Å²) in [6.07, 6.45) is 9.60. The van der Waals surface area contributed by atoms with Crippen LogP contribution in [-0.4, -0.2) is 26.8 Å². The van der Waals surface area contributed by atoms with Crippen LogP contribution in [0.2, 0.25) is 0 Å². The van der Waals surface area contributed by atoms with Crippen LogP contribution < -0.4 is 5.32 Å². The van der Waals surface area contributed by atoms with E-state index in [1.807, 2.05) is 12.5 Å². The highest BCUT2D eigenvalue weighted by Gasteiger charge is 2.33. The molecule has 0 bridgehead atoms. The van der Waals surface area contributed by atoms with Gasteiger partial charge < -0.3 is 15.0 Å². The van der Waals surface area contributed by atoms with Crippen LogP contribution in [0.25, 0.3) is 0 Å². The predicted molar refractivity (Wildman–Crippen MR) is 76.8 cm³/mol. The number of nitrogens with one attached hydrogen (secondary N) is 1. The molecule has 0 spiro atoms. The Morgan fingerprint density at radius 3 is 3.11 bits per heavy atom. The molecular formula is C15H27N3O. The molecule has 2 N–H and O–H groups in total. The monoisotopic (exact) mass is 265 g/mol. The number of aliphatic hydroxyl groups is 1. The standard InChI is InChI=1S/C15H27N3O/c1-3-7-18-12-16-9-14(18)10-17-15(11-19)6-4-5-13(2)8-15/h9,12-13,17,19H,3-8,10-11H2,1-2H3. The molecule has 0 amide bonds. The summed E-state index contributed by atoms with van der Waals surface area (Å²) in [4.78, 5) is 4.23. The zero-order chi connectivity index (χ0) is 13.7. The minimum Gasteiger partial charge on any atom is -0.394 e. The molecule has 1 saturated carbocycles. The van der Waals surface area contributed by atoms with Crippen LogP contribution in [0.5, 0.6) is 0 Å². The molecule has 2 atom stereocenters. The summed E-state index contributed by atoms with van der Waals surface area (Å²) in [6, 6.07) is 0. The van der Waals surface area contributed by atoms with Gasteiger partial charge in [0.25, 0.3) is 0 Å². The van der Waals surface area contributed by atoms with E-state index in [1.54, 1.807) is 0 Å². The van der Waals surface area contributed by atoms with Gasteiger partial charge in [-0.05, 0) is 25.2 Å². The van der Waals surface area contributed by atoms with Gasteiger partial charge in [-0.25, -0.2) is 4.98 Å². The number of aryl methyl sites for hydroxylation is 1. The lowest BCUT2D eigenvalue weighted by atomic mass is 9.77. The summed E-state index contributed by atoms with van der Waals surface area (Å²) in [6.45, 7) is 6.51. The highest BCUT2D eigenvalue weighted by molar-refractivity contribution is 5.01. The van der Waals surface area contributed by atoms with Crippen molar-refractivity contribution >= 4 is 0 Å². The number of aromatic nitrogens is 2. The average molecular weight is 265 g/mol. The van der Waals surface area contributed by atoms with Crippen LogP contribution >= 0.6 is 0 Å². The molecule has 1 aromatic heterocycles. The normalized spacial score (nSPS) is 27.6. The molecule has 0 aromatic carbocycles. The van der Waals surface area contributed by atoms with Gasteiger partial charge in [0, 0.05) is 24.8 Å². The Morgan fingerprint density at radius 1 is 1.58 bits per heavy atom. The number of hydrogen-bond acceptors (Lipinski definition) is 3. The molecule has 1 fully saturated rings. The van der Waals surface area contributed by atoms with Crippen molar-refractivity contribution in [2.75, 3.05) is 6.61 Å². The third-order valence-electron chi connectivity index (χ3n) is 4.30. The van der Waals surface area contributed by atoms with Gasteiger partial charge in [0.05, 0.1) is 18.6 Å². The Labute approximate surface area is 116 Å². The van der Waals surface area contributed by atoms with E-state index in [1.165, 1.54) is 18.5 Å². The summed E-state index contributed by atoms with van der Waals surface area (Å²) in [5, 5.41) is 13.4. The van der Waals surface area contributed by atoms with Crippen LogP contribution in [0.4, 0.5) is 0 Å². The maximum Gasteiger partial charge on any atom is 0.0948 e. The number of hydrogen-bond donors (Lipinski definition) is 2. The van der Waals surface area contributed by atoms with Gasteiger partial charge in [-0.2, -0.15) is 0 Å². The molecule has 1 aromatic rings. The van der Waals surface area contributed by atoms with Crippen molar-refractivity contribution in [2.24, 2.45) is 5.92 Å². The first-order valence-corrected chi connectivity index (χ1v) is 7.54. The molecule has 108 valence electrons. The molecule has 19 heavy (non-hydrogen) atoms. The minimum atomic E-state index is -0.0843.